The molecule has 6 nitrogen and oxygen atoms in total. The Morgan fingerprint density at radius 3 is 2.14 bits per heavy atom. The van der Waals surface area contributed by atoms with Crippen molar-refractivity contribution in [3.8, 4) is 0 Å². The van der Waals surface area contributed by atoms with Crippen LogP contribution in [0.5, 0.6) is 0 Å². The molecule has 2 rings (SSSR count). The number of hydrogen-bond acceptors (Lipinski definition) is 3. The highest BCUT2D eigenvalue weighted by atomic mass is 16.4. The van der Waals surface area contributed by atoms with Gasteiger partial charge in [0, 0.05) is 32.6 Å². The van der Waals surface area contributed by atoms with Crippen molar-refractivity contribution in [2.24, 2.45) is 17.3 Å². The second-order valence-corrected chi connectivity index (χ2v) is 6.53. The summed E-state index contributed by atoms with van der Waals surface area (Å²) in [5, 5.41) is 9.19. The fourth-order valence-corrected chi connectivity index (χ4v) is 3.37. The fourth-order valence-electron chi connectivity index (χ4n) is 3.37. The minimum Gasteiger partial charge on any atom is -0.481 e. The van der Waals surface area contributed by atoms with Gasteiger partial charge in [-0.05, 0) is 11.8 Å². The largest absolute Gasteiger partial charge is 0.481 e. The number of amides is 2. The predicted molar refractivity (Wildman–Crippen MR) is 76.5 cm³/mol. The van der Waals surface area contributed by atoms with Gasteiger partial charge >= 0.3 is 5.97 Å². The van der Waals surface area contributed by atoms with E-state index in [4.69, 9.17) is 0 Å². The molecule has 2 amide bonds. The number of rotatable bonds is 3. The topological polar surface area (TPSA) is 77.9 Å². The summed E-state index contributed by atoms with van der Waals surface area (Å²) in [6.07, 6.45) is 1.23. The van der Waals surface area contributed by atoms with Gasteiger partial charge in [0.05, 0.1) is 11.8 Å². The molecule has 0 aromatic heterocycles. The van der Waals surface area contributed by atoms with Crippen molar-refractivity contribution in [3.05, 3.63) is 0 Å². The SMILES string of the molecule is CCC(=O)N1CCCN(C(=O)[C@H]2[C@@H](C(=O)O)C2(C)C)CC1. The van der Waals surface area contributed by atoms with Crippen LogP contribution in [0.1, 0.15) is 33.6 Å². The molecule has 2 aliphatic rings. The maximum Gasteiger partial charge on any atom is 0.307 e. The highest BCUT2D eigenvalue weighted by Crippen LogP contribution is 2.59. The van der Waals surface area contributed by atoms with Crippen molar-refractivity contribution >= 4 is 17.8 Å². The molecule has 1 aliphatic heterocycles. The molecule has 0 aromatic carbocycles. The van der Waals surface area contributed by atoms with Crippen LogP contribution in [0.2, 0.25) is 0 Å². The summed E-state index contributed by atoms with van der Waals surface area (Å²) in [6, 6.07) is 0. The number of nitrogens with zero attached hydrogens (tertiary/aromatic N) is 2. The van der Waals surface area contributed by atoms with Crippen LogP contribution in [0.15, 0.2) is 0 Å². The van der Waals surface area contributed by atoms with Crippen LogP contribution in [0.3, 0.4) is 0 Å². The van der Waals surface area contributed by atoms with Gasteiger partial charge in [0.2, 0.25) is 11.8 Å². The zero-order valence-corrected chi connectivity index (χ0v) is 13.0. The zero-order valence-electron chi connectivity index (χ0n) is 13.0. The number of carbonyl (C=O) groups is 3. The molecule has 2 fully saturated rings. The Bertz CT molecular complexity index is 461. The van der Waals surface area contributed by atoms with Gasteiger partial charge in [0.25, 0.3) is 0 Å². The quantitative estimate of drug-likeness (QED) is 0.836. The lowest BCUT2D eigenvalue weighted by Crippen LogP contribution is -2.38. The fraction of sp³-hybridized carbons (Fsp3) is 0.800. The molecule has 0 aromatic rings. The van der Waals surface area contributed by atoms with Crippen LogP contribution < -0.4 is 0 Å². The van der Waals surface area contributed by atoms with Crippen molar-refractivity contribution in [3.63, 3.8) is 0 Å². The lowest BCUT2D eigenvalue weighted by Gasteiger charge is -2.22. The summed E-state index contributed by atoms with van der Waals surface area (Å²) in [4.78, 5) is 39.0. The Hall–Kier alpha value is -1.59. The normalized spacial score (nSPS) is 28.0. The summed E-state index contributed by atoms with van der Waals surface area (Å²) < 4.78 is 0. The van der Waals surface area contributed by atoms with Crippen LogP contribution in [0.4, 0.5) is 0 Å². The van der Waals surface area contributed by atoms with Crippen molar-refractivity contribution in [1.82, 2.24) is 9.80 Å². The average molecular weight is 296 g/mol. The smallest absolute Gasteiger partial charge is 0.307 e. The molecular formula is C15H24N2O4. The molecule has 1 saturated heterocycles. The van der Waals surface area contributed by atoms with E-state index < -0.39 is 23.2 Å². The van der Waals surface area contributed by atoms with Crippen molar-refractivity contribution in [2.75, 3.05) is 26.2 Å². The Kier molecular flexibility index (Phi) is 4.25. The molecule has 118 valence electrons. The Labute approximate surface area is 125 Å². The first-order valence-corrected chi connectivity index (χ1v) is 7.60. The van der Waals surface area contributed by atoms with E-state index >= 15 is 0 Å². The third kappa shape index (κ3) is 2.89. The molecular weight excluding hydrogens is 272 g/mol. The molecule has 1 heterocycles. The van der Waals surface area contributed by atoms with Gasteiger partial charge in [0.15, 0.2) is 0 Å². The average Bonchev–Trinajstić information content (AvgIpc) is 3.08. The molecule has 0 radical (unpaired) electrons. The monoisotopic (exact) mass is 296 g/mol. The van der Waals surface area contributed by atoms with Gasteiger partial charge in [-0.1, -0.05) is 20.8 Å². The highest BCUT2D eigenvalue weighted by Gasteiger charge is 2.66. The van der Waals surface area contributed by atoms with Gasteiger partial charge in [-0.25, -0.2) is 0 Å². The van der Waals surface area contributed by atoms with Crippen LogP contribution >= 0.6 is 0 Å². The summed E-state index contributed by atoms with van der Waals surface area (Å²) >= 11 is 0. The van der Waals surface area contributed by atoms with E-state index in [9.17, 15) is 19.5 Å². The van der Waals surface area contributed by atoms with E-state index in [0.717, 1.165) is 6.42 Å². The molecule has 1 N–H and O–H groups in total. The van der Waals surface area contributed by atoms with E-state index in [-0.39, 0.29) is 11.8 Å². The van der Waals surface area contributed by atoms with Crippen molar-refractivity contribution in [2.45, 2.75) is 33.6 Å². The maximum atomic E-state index is 12.5. The van der Waals surface area contributed by atoms with Gasteiger partial charge in [-0.15, -0.1) is 0 Å². The third-order valence-electron chi connectivity index (χ3n) is 4.82. The molecule has 0 spiro atoms. The van der Waals surface area contributed by atoms with Crippen LogP contribution in [-0.2, 0) is 14.4 Å². The van der Waals surface area contributed by atoms with Crippen LogP contribution in [0, 0.1) is 17.3 Å². The van der Waals surface area contributed by atoms with Crippen LogP contribution in [-0.4, -0.2) is 58.9 Å². The second kappa shape index (κ2) is 5.66. The number of carboxylic acids is 1. The minimum absolute atomic E-state index is 0.0711. The molecule has 0 unspecified atom stereocenters. The number of carbonyl (C=O) groups excluding carboxylic acids is 2. The van der Waals surface area contributed by atoms with Gasteiger partial charge in [0.1, 0.15) is 0 Å². The summed E-state index contributed by atoms with van der Waals surface area (Å²) in [5.41, 5.74) is -0.464. The van der Waals surface area contributed by atoms with E-state index in [1.54, 1.807) is 9.80 Å². The Morgan fingerprint density at radius 1 is 1.05 bits per heavy atom. The first kappa shape index (κ1) is 15.8. The van der Waals surface area contributed by atoms with Crippen molar-refractivity contribution in [1.29, 1.82) is 0 Å². The summed E-state index contributed by atoms with van der Waals surface area (Å²) in [7, 11) is 0. The minimum atomic E-state index is -0.893. The number of hydrogen-bond donors (Lipinski definition) is 1. The van der Waals surface area contributed by atoms with Crippen LogP contribution in [0.25, 0.3) is 0 Å². The Balaban J connectivity index is 1.99. The highest BCUT2D eigenvalue weighted by molar-refractivity contribution is 5.91. The van der Waals surface area contributed by atoms with Gasteiger partial charge in [-0.2, -0.15) is 0 Å². The van der Waals surface area contributed by atoms with E-state index in [1.807, 2.05) is 20.8 Å². The first-order valence-electron chi connectivity index (χ1n) is 7.60. The van der Waals surface area contributed by atoms with E-state index in [0.29, 0.717) is 32.6 Å². The van der Waals surface area contributed by atoms with Crippen molar-refractivity contribution < 1.29 is 19.5 Å². The molecule has 1 aliphatic carbocycles. The number of carboxylic acid groups (broad SMARTS) is 1. The standard InChI is InChI=1S/C15H24N2O4/c1-4-10(18)16-6-5-7-17(9-8-16)13(19)11-12(14(20)21)15(11,2)3/h11-12H,4-9H2,1-3H3,(H,20,21)/t11-,12+/m1/s1. The maximum absolute atomic E-state index is 12.5. The molecule has 0 bridgehead atoms. The predicted octanol–water partition coefficient (Wildman–Crippen LogP) is 0.814. The summed E-state index contributed by atoms with van der Waals surface area (Å²) in [5.74, 6) is -1.86. The third-order valence-corrected chi connectivity index (χ3v) is 4.82. The lowest BCUT2D eigenvalue weighted by molar-refractivity contribution is -0.142. The Morgan fingerprint density at radius 2 is 1.62 bits per heavy atom. The number of aliphatic carboxylic acids is 1. The molecule has 2 atom stereocenters. The first-order chi connectivity index (χ1) is 9.80. The molecule has 21 heavy (non-hydrogen) atoms. The van der Waals surface area contributed by atoms with Gasteiger partial charge < -0.3 is 14.9 Å². The molecule has 6 heteroatoms. The van der Waals surface area contributed by atoms with E-state index in [1.165, 1.54) is 0 Å². The van der Waals surface area contributed by atoms with E-state index in [2.05, 4.69) is 0 Å². The molecule has 1 saturated carbocycles. The second-order valence-electron chi connectivity index (χ2n) is 6.53. The lowest BCUT2D eigenvalue weighted by atomic mass is 10.1. The van der Waals surface area contributed by atoms with Gasteiger partial charge in [-0.3, -0.25) is 14.4 Å². The zero-order chi connectivity index (χ0) is 15.8. The summed E-state index contributed by atoms with van der Waals surface area (Å²) in [6.45, 7) is 7.82.